The van der Waals surface area contributed by atoms with Gasteiger partial charge in [0.1, 0.15) is 5.69 Å². The molecule has 3 heteroatoms. The molecule has 3 nitrogen and oxygen atoms in total. The lowest BCUT2D eigenvalue weighted by atomic mass is 9.82. The van der Waals surface area contributed by atoms with Crippen LogP contribution in [0.5, 0.6) is 0 Å². The minimum absolute atomic E-state index is 0.253. The second kappa shape index (κ2) is 5.08. The molecule has 1 heterocycles. The molecule has 0 radical (unpaired) electrons. The van der Waals surface area contributed by atoms with Crippen LogP contribution >= 0.6 is 0 Å². The fraction of sp³-hybridized carbons (Fsp3) is 0.438. The number of aromatic nitrogens is 1. The molecule has 0 aliphatic heterocycles. The first-order valence-corrected chi connectivity index (χ1v) is 7.00. The monoisotopic (exact) mass is 257 g/mol. The van der Waals surface area contributed by atoms with E-state index >= 15 is 0 Å². The molecule has 2 aromatic rings. The second-order valence-corrected chi connectivity index (χ2v) is 5.29. The summed E-state index contributed by atoms with van der Waals surface area (Å²) in [5.41, 5.74) is 2.85. The van der Waals surface area contributed by atoms with E-state index in [1.54, 1.807) is 0 Å². The number of esters is 1. The third kappa shape index (κ3) is 2.14. The maximum Gasteiger partial charge on any atom is 0.354 e. The lowest BCUT2D eigenvalue weighted by Crippen LogP contribution is -2.11. The highest BCUT2D eigenvalue weighted by atomic mass is 16.5. The second-order valence-electron chi connectivity index (χ2n) is 5.29. The van der Waals surface area contributed by atoms with E-state index in [9.17, 15) is 4.79 Å². The summed E-state index contributed by atoms with van der Waals surface area (Å²) >= 11 is 0. The summed E-state index contributed by atoms with van der Waals surface area (Å²) in [5, 5.41) is 1.18. The van der Waals surface area contributed by atoms with E-state index in [4.69, 9.17) is 4.74 Å². The highest BCUT2D eigenvalue weighted by Gasteiger charge is 2.26. The first-order chi connectivity index (χ1) is 9.31. The molecular weight excluding hydrogens is 238 g/mol. The largest absolute Gasteiger partial charge is 0.464 e. The maximum atomic E-state index is 12.0. The lowest BCUT2D eigenvalue weighted by Gasteiger charge is -2.22. The van der Waals surface area contributed by atoms with Crippen LogP contribution in [0.3, 0.4) is 0 Å². The molecular formula is C16H19NO2. The van der Waals surface area contributed by atoms with E-state index < -0.39 is 0 Å². The number of aromatic amines is 1. The van der Waals surface area contributed by atoms with Crippen molar-refractivity contribution in [2.75, 3.05) is 7.11 Å². The Morgan fingerprint density at radius 1 is 1.21 bits per heavy atom. The molecule has 1 aromatic carbocycles. The number of ether oxygens (including phenoxy) is 1. The van der Waals surface area contributed by atoms with Gasteiger partial charge in [-0.05, 0) is 30.4 Å². The summed E-state index contributed by atoms with van der Waals surface area (Å²) in [6.45, 7) is 0. The van der Waals surface area contributed by atoms with Crippen molar-refractivity contribution in [2.45, 2.75) is 38.0 Å². The molecule has 1 saturated carbocycles. The zero-order chi connectivity index (χ0) is 13.2. The van der Waals surface area contributed by atoms with Crippen LogP contribution in [-0.2, 0) is 4.74 Å². The molecule has 0 unspecified atom stereocenters. The van der Waals surface area contributed by atoms with Crippen LogP contribution in [-0.4, -0.2) is 18.1 Å². The molecule has 0 bridgehead atoms. The van der Waals surface area contributed by atoms with Crippen molar-refractivity contribution >= 4 is 16.9 Å². The van der Waals surface area contributed by atoms with Crippen LogP contribution in [0, 0.1) is 0 Å². The van der Waals surface area contributed by atoms with Crippen molar-refractivity contribution in [2.24, 2.45) is 0 Å². The van der Waals surface area contributed by atoms with Crippen LogP contribution < -0.4 is 0 Å². The minimum Gasteiger partial charge on any atom is -0.464 e. The number of benzene rings is 1. The van der Waals surface area contributed by atoms with Gasteiger partial charge in [-0.15, -0.1) is 0 Å². The third-order valence-corrected chi connectivity index (χ3v) is 4.15. The summed E-state index contributed by atoms with van der Waals surface area (Å²) in [6.07, 6.45) is 6.17. The average Bonchev–Trinajstić information content (AvgIpc) is 2.86. The predicted molar refractivity (Wildman–Crippen MR) is 75.5 cm³/mol. The maximum absolute atomic E-state index is 12.0. The van der Waals surface area contributed by atoms with Gasteiger partial charge in [-0.25, -0.2) is 4.79 Å². The molecule has 1 fully saturated rings. The lowest BCUT2D eigenvalue weighted by molar-refractivity contribution is 0.0593. The number of H-pyrrole nitrogens is 1. The Hall–Kier alpha value is -1.77. The van der Waals surface area contributed by atoms with Crippen LogP contribution in [0.1, 0.15) is 54.1 Å². The van der Waals surface area contributed by atoms with Crippen LogP contribution in [0.2, 0.25) is 0 Å². The molecule has 100 valence electrons. The highest BCUT2D eigenvalue weighted by molar-refractivity contribution is 5.98. The third-order valence-electron chi connectivity index (χ3n) is 4.15. The minimum atomic E-state index is -0.253. The van der Waals surface area contributed by atoms with Gasteiger partial charge in [-0.1, -0.05) is 37.5 Å². The number of hydrogen-bond acceptors (Lipinski definition) is 2. The van der Waals surface area contributed by atoms with Crippen molar-refractivity contribution in [3.8, 4) is 0 Å². The molecule has 1 N–H and O–H groups in total. The van der Waals surface area contributed by atoms with Gasteiger partial charge in [0.2, 0.25) is 0 Å². The number of para-hydroxylation sites is 1. The molecule has 0 amide bonds. The van der Waals surface area contributed by atoms with E-state index in [2.05, 4.69) is 11.1 Å². The normalized spacial score (nSPS) is 16.7. The zero-order valence-electron chi connectivity index (χ0n) is 11.2. The zero-order valence-corrected chi connectivity index (χ0v) is 11.2. The summed E-state index contributed by atoms with van der Waals surface area (Å²) in [7, 11) is 1.44. The standard InChI is InChI=1S/C16H19NO2/c1-19-16(18)15-14(11-7-3-2-4-8-11)12-9-5-6-10-13(12)17-15/h5-6,9-11,17H,2-4,7-8H2,1H3. The smallest absolute Gasteiger partial charge is 0.354 e. The summed E-state index contributed by atoms with van der Waals surface area (Å²) in [4.78, 5) is 15.2. The molecule has 19 heavy (non-hydrogen) atoms. The Kier molecular flexibility index (Phi) is 3.28. The number of hydrogen-bond donors (Lipinski definition) is 1. The molecule has 3 rings (SSSR count). The van der Waals surface area contributed by atoms with Gasteiger partial charge in [-0.3, -0.25) is 0 Å². The van der Waals surface area contributed by atoms with Crippen LogP contribution in [0.25, 0.3) is 10.9 Å². The molecule has 1 aliphatic carbocycles. The van der Waals surface area contributed by atoms with Gasteiger partial charge < -0.3 is 9.72 Å². The van der Waals surface area contributed by atoms with E-state index in [0.29, 0.717) is 11.6 Å². The Morgan fingerprint density at radius 2 is 1.95 bits per heavy atom. The summed E-state index contributed by atoms with van der Waals surface area (Å²) < 4.78 is 4.93. The fourth-order valence-corrected chi connectivity index (χ4v) is 3.24. The Morgan fingerprint density at radius 3 is 2.68 bits per heavy atom. The summed E-state index contributed by atoms with van der Waals surface area (Å²) in [6, 6.07) is 8.14. The Labute approximate surface area is 113 Å². The van der Waals surface area contributed by atoms with Crippen molar-refractivity contribution in [3.63, 3.8) is 0 Å². The topological polar surface area (TPSA) is 42.1 Å². The fourth-order valence-electron chi connectivity index (χ4n) is 3.24. The van der Waals surface area contributed by atoms with Gasteiger partial charge in [0, 0.05) is 10.9 Å². The Bertz CT molecular complexity index is 594. The van der Waals surface area contributed by atoms with Gasteiger partial charge in [0.05, 0.1) is 7.11 Å². The average molecular weight is 257 g/mol. The van der Waals surface area contributed by atoms with Crippen molar-refractivity contribution in [1.29, 1.82) is 0 Å². The van der Waals surface area contributed by atoms with Gasteiger partial charge in [-0.2, -0.15) is 0 Å². The van der Waals surface area contributed by atoms with Crippen molar-refractivity contribution in [3.05, 3.63) is 35.5 Å². The van der Waals surface area contributed by atoms with Crippen molar-refractivity contribution < 1.29 is 9.53 Å². The molecule has 0 saturated heterocycles. The van der Waals surface area contributed by atoms with Crippen LogP contribution in [0.4, 0.5) is 0 Å². The number of methoxy groups -OCH3 is 1. The molecule has 0 spiro atoms. The predicted octanol–water partition coefficient (Wildman–Crippen LogP) is 4.00. The van der Waals surface area contributed by atoms with Crippen molar-refractivity contribution in [1.82, 2.24) is 4.98 Å². The van der Waals surface area contributed by atoms with Gasteiger partial charge in [0.25, 0.3) is 0 Å². The number of carbonyl (C=O) groups excluding carboxylic acids is 1. The first kappa shape index (κ1) is 12.3. The van der Waals surface area contributed by atoms with E-state index in [0.717, 1.165) is 5.52 Å². The van der Waals surface area contributed by atoms with E-state index in [-0.39, 0.29) is 5.97 Å². The van der Waals surface area contributed by atoms with Gasteiger partial charge in [0.15, 0.2) is 0 Å². The highest BCUT2D eigenvalue weighted by Crippen LogP contribution is 2.38. The van der Waals surface area contributed by atoms with Gasteiger partial charge >= 0.3 is 5.97 Å². The van der Waals surface area contributed by atoms with E-state index in [1.165, 1.54) is 50.2 Å². The molecule has 1 aliphatic rings. The molecule has 1 aromatic heterocycles. The summed E-state index contributed by atoms with van der Waals surface area (Å²) in [5.74, 6) is 0.232. The quantitative estimate of drug-likeness (QED) is 0.826. The first-order valence-electron chi connectivity index (χ1n) is 7.00. The SMILES string of the molecule is COC(=O)c1[nH]c2ccccc2c1C1CCCCC1. The van der Waals surface area contributed by atoms with E-state index in [1.807, 2.05) is 18.2 Å². The Balaban J connectivity index is 2.15. The number of rotatable bonds is 2. The number of fused-ring (bicyclic) bond motifs is 1. The molecule has 0 atom stereocenters. The van der Waals surface area contributed by atoms with Crippen LogP contribution in [0.15, 0.2) is 24.3 Å². The number of nitrogens with one attached hydrogen (secondary N) is 1. The number of carbonyl (C=O) groups is 1.